The Hall–Kier alpha value is -3.13. The molecule has 0 saturated carbocycles. The van der Waals surface area contributed by atoms with Gasteiger partial charge in [0.2, 0.25) is 0 Å². The number of carbonyl (C=O) groups excluding carboxylic acids is 2. The lowest BCUT2D eigenvalue weighted by molar-refractivity contribution is -0.144. The van der Waals surface area contributed by atoms with E-state index in [4.69, 9.17) is 4.74 Å². The molecule has 0 spiro atoms. The van der Waals surface area contributed by atoms with Gasteiger partial charge in [-0.2, -0.15) is 5.26 Å². The number of fused-ring (bicyclic) bond motifs is 1. The van der Waals surface area contributed by atoms with Gasteiger partial charge in [0.1, 0.15) is 6.07 Å². The number of rotatable bonds is 4. The molecule has 2 aromatic carbocycles. The zero-order chi connectivity index (χ0) is 18.0. The molecule has 3 rings (SSSR count). The summed E-state index contributed by atoms with van der Waals surface area (Å²) in [6, 6.07) is 17.0. The number of benzene rings is 2. The van der Waals surface area contributed by atoms with Gasteiger partial charge in [-0.1, -0.05) is 37.3 Å². The molecule has 1 heterocycles. The van der Waals surface area contributed by atoms with Gasteiger partial charge < -0.3 is 9.64 Å². The van der Waals surface area contributed by atoms with Gasteiger partial charge in [0.25, 0.3) is 5.91 Å². The van der Waals surface area contributed by atoms with E-state index in [2.05, 4.69) is 0 Å². The number of nitriles is 1. The molecule has 5 heteroatoms. The molecule has 5 nitrogen and oxygen atoms in total. The molecule has 1 amide bonds. The molecule has 0 N–H and O–H groups in total. The van der Waals surface area contributed by atoms with Crippen LogP contribution in [0.4, 0.5) is 5.69 Å². The first-order valence-corrected chi connectivity index (χ1v) is 8.08. The molecule has 0 saturated heterocycles. The summed E-state index contributed by atoms with van der Waals surface area (Å²) in [5, 5.41) is 9.19. The van der Waals surface area contributed by atoms with Crippen LogP contribution in [0.15, 0.2) is 48.5 Å². The number of amides is 1. The number of ether oxygens (including phenoxy) is 1. The Morgan fingerprint density at radius 3 is 2.48 bits per heavy atom. The fourth-order valence-corrected chi connectivity index (χ4v) is 3.01. The number of hydrogen-bond acceptors (Lipinski definition) is 4. The second kappa shape index (κ2) is 6.78. The highest BCUT2D eigenvalue weighted by Crippen LogP contribution is 2.30. The van der Waals surface area contributed by atoms with Crippen LogP contribution in [-0.2, 0) is 16.1 Å². The summed E-state index contributed by atoms with van der Waals surface area (Å²) in [4.78, 5) is 25.3. The Bertz CT molecular complexity index is 852. The van der Waals surface area contributed by atoms with E-state index in [1.54, 1.807) is 4.90 Å². The standard InChI is InChI=1S/C20H18N2O3/c1-13(19(11-21)25-14(2)23)15-7-9-17(10-8-15)22-12-16-5-3-4-6-18(16)20(22)24/h3-10,13,19H,12H2,1-2H3. The maximum absolute atomic E-state index is 12.5. The number of esters is 1. The first-order valence-electron chi connectivity index (χ1n) is 8.08. The lowest BCUT2D eigenvalue weighted by atomic mass is 9.95. The Balaban J connectivity index is 1.79. The van der Waals surface area contributed by atoms with Crippen LogP contribution in [-0.4, -0.2) is 18.0 Å². The highest BCUT2D eigenvalue weighted by atomic mass is 16.5. The highest BCUT2D eigenvalue weighted by Gasteiger charge is 2.28. The Kier molecular flexibility index (Phi) is 4.53. The molecule has 0 aromatic heterocycles. The van der Waals surface area contributed by atoms with Crippen LogP contribution >= 0.6 is 0 Å². The van der Waals surface area contributed by atoms with E-state index in [0.717, 1.165) is 22.4 Å². The van der Waals surface area contributed by atoms with E-state index in [0.29, 0.717) is 6.54 Å². The van der Waals surface area contributed by atoms with Crippen molar-refractivity contribution >= 4 is 17.6 Å². The van der Waals surface area contributed by atoms with E-state index in [-0.39, 0.29) is 11.8 Å². The second-order valence-corrected chi connectivity index (χ2v) is 6.09. The maximum Gasteiger partial charge on any atom is 0.303 e. The van der Waals surface area contributed by atoms with E-state index < -0.39 is 12.1 Å². The van der Waals surface area contributed by atoms with Crippen LogP contribution in [0.1, 0.15) is 41.3 Å². The van der Waals surface area contributed by atoms with Gasteiger partial charge in [-0.15, -0.1) is 0 Å². The van der Waals surface area contributed by atoms with Crippen molar-refractivity contribution in [2.75, 3.05) is 4.90 Å². The summed E-state index contributed by atoms with van der Waals surface area (Å²) in [5.74, 6) is -0.740. The van der Waals surface area contributed by atoms with Gasteiger partial charge in [-0.3, -0.25) is 9.59 Å². The lowest BCUT2D eigenvalue weighted by Crippen LogP contribution is -2.23. The summed E-state index contributed by atoms with van der Waals surface area (Å²) in [6.45, 7) is 3.68. The zero-order valence-electron chi connectivity index (χ0n) is 14.1. The smallest absolute Gasteiger partial charge is 0.303 e. The van der Waals surface area contributed by atoms with Gasteiger partial charge in [-0.25, -0.2) is 0 Å². The highest BCUT2D eigenvalue weighted by molar-refractivity contribution is 6.09. The maximum atomic E-state index is 12.5. The van der Waals surface area contributed by atoms with E-state index >= 15 is 0 Å². The minimum absolute atomic E-state index is 0.00814. The third kappa shape index (κ3) is 3.24. The van der Waals surface area contributed by atoms with Crippen molar-refractivity contribution < 1.29 is 14.3 Å². The number of anilines is 1. The summed E-state index contributed by atoms with van der Waals surface area (Å²) < 4.78 is 5.04. The minimum atomic E-state index is -0.832. The quantitative estimate of drug-likeness (QED) is 0.804. The van der Waals surface area contributed by atoms with Crippen molar-refractivity contribution in [3.63, 3.8) is 0 Å². The first-order chi connectivity index (χ1) is 12.0. The van der Waals surface area contributed by atoms with Crippen molar-refractivity contribution in [2.24, 2.45) is 0 Å². The normalized spacial score (nSPS) is 15.2. The van der Waals surface area contributed by atoms with Crippen molar-refractivity contribution in [3.8, 4) is 6.07 Å². The third-order valence-corrected chi connectivity index (χ3v) is 4.43. The molecule has 0 radical (unpaired) electrons. The molecular formula is C20H18N2O3. The molecule has 1 aliphatic heterocycles. The number of hydrogen-bond donors (Lipinski definition) is 0. The molecule has 2 aromatic rings. The van der Waals surface area contributed by atoms with Gasteiger partial charge in [0.15, 0.2) is 6.10 Å². The summed E-state index contributed by atoms with van der Waals surface area (Å²) in [5.41, 5.74) is 3.43. The van der Waals surface area contributed by atoms with Crippen LogP contribution < -0.4 is 4.90 Å². The van der Waals surface area contributed by atoms with Crippen LogP contribution in [0, 0.1) is 11.3 Å². The summed E-state index contributed by atoms with van der Waals surface area (Å²) >= 11 is 0. The van der Waals surface area contributed by atoms with Gasteiger partial charge >= 0.3 is 5.97 Å². The van der Waals surface area contributed by atoms with Crippen LogP contribution in [0.2, 0.25) is 0 Å². The number of carbonyl (C=O) groups is 2. The molecule has 0 bridgehead atoms. The topological polar surface area (TPSA) is 70.4 Å². The molecule has 2 unspecified atom stereocenters. The molecule has 2 atom stereocenters. The zero-order valence-corrected chi connectivity index (χ0v) is 14.1. The Morgan fingerprint density at radius 1 is 1.20 bits per heavy atom. The molecular weight excluding hydrogens is 316 g/mol. The van der Waals surface area contributed by atoms with E-state index in [1.807, 2.05) is 61.5 Å². The van der Waals surface area contributed by atoms with Crippen molar-refractivity contribution in [1.82, 2.24) is 0 Å². The van der Waals surface area contributed by atoms with Crippen molar-refractivity contribution in [2.45, 2.75) is 32.4 Å². The predicted molar refractivity (Wildman–Crippen MR) is 93.0 cm³/mol. The molecule has 0 fully saturated rings. The molecule has 25 heavy (non-hydrogen) atoms. The van der Waals surface area contributed by atoms with Gasteiger partial charge in [-0.05, 0) is 29.3 Å². The second-order valence-electron chi connectivity index (χ2n) is 6.09. The summed E-state index contributed by atoms with van der Waals surface area (Å²) in [7, 11) is 0. The SMILES string of the molecule is CC(=O)OC(C#N)C(C)c1ccc(N2Cc3ccccc3C2=O)cc1. The fraction of sp³-hybridized carbons (Fsp3) is 0.250. The predicted octanol–water partition coefficient (Wildman–Crippen LogP) is 3.41. The molecule has 1 aliphatic rings. The number of nitrogens with zero attached hydrogens (tertiary/aromatic N) is 2. The Morgan fingerprint density at radius 2 is 1.88 bits per heavy atom. The Labute approximate surface area is 146 Å². The van der Waals surface area contributed by atoms with Crippen LogP contribution in [0.5, 0.6) is 0 Å². The van der Waals surface area contributed by atoms with E-state index in [1.165, 1.54) is 6.92 Å². The van der Waals surface area contributed by atoms with Crippen molar-refractivity contribution in [3.05, 3.63) is 65.2 Å². The summed E-state index contributed by atoms with van der Waals surface area (Å²) in [6.07, 6.45) is -0.832. The first kappa shape index (κ1) is 16.7. The van der Waals surface area contributed by atoms with Gasteiger partial charge in [0.05, 0.1) is 6.54 Å². The van der Waals surface area contributed by atoms with Crippen LogP contribution in [0.25, 0.3) is 0 Å². The minimum Gasteiger partial charge on any atom is -0.446 e. The molecule has 0 aliphatic carbocycles. The average Bonchev–Trinajstić information content (AvgIpc) is 2.96. The van der Waals surface area contributed by atoms with Crippen LogP contribution in [0.3, 0.4) is 0 Å². The van der Waals surface area contributed by atoms with E-state index in [9.17, 15) is 14.9 Å². The fourth-order valence-electron chi connectivity index (χ4n) is 3.01. The van der Waals surface area contributed by atoms with Gasteiger partial charge in [0, 0.05) is 24.1 Å². The monoisotopic (exact) mass is 334 g/mol. The lowest BCUT2D eigenvalue weighted by Gasteiger charge is -2.20. The molecule has 126 valence electrons. The largest absolute Gasteiger partial charge is 0.446 e. The average molecular weight is 334 g/mol. The van der Waals surface area contributed by atoms with Crippen molar-refractivity contribution in [1.29, 1.82) is 5.26 Å². The third-order valence-electron chi connectivity index (χ3n) is 4.43.